The highest BCUT2D eigenvalue weighted by Gasteiger charge is 2.33. The number of carbonyl (C=O) groups is 1. The van der Waals surface area contributed by atoms with Crippen LogP contribution in [0.25, 0.3) is 5.69 Å². The number of benzene rings is 1. The molecule has 0 N–H and O–H groups in total. The highest BCUT2D eigenvalue weighted by atomic mass is 35.5. The van der Waals surface area contributed by atoms with Crippen LogP contribution in [-0.2, 0) is 17.8 Å². The normalized spacial score (nSPS) is 20.1. The molecule has 1 aliphatic heterocycles. The van der Waals surface area contributed by atoms with Crippen LogP contribution in [0.4, 0.5) is 4.79 Å². The van der Waals surface area contributed by atoms with Crippen LogP contribution in [-0.4, -0.2) is 41.3 Å². The van der Waals surface area contributed by atoms with Crippen molar-refractivity contribution in [3.05, 3.63) is 64.2 Å². The van der Waals surface area contributed by atoms with Crippen molar-refractivity contribution in [2.45, 2.75) is 83.9 Å². The van der Waals surface area contributed by atoms with Crippen LogP contribution in [0.3, 0.4) is 0 Å². The third kappa shape index (κ3) is 5.03. The molecule has 3 heterocycles. The average molecular weight is 495 g/mol. The summed E-state index contributed by atoms with van der Waals surface area (Å²) in [5, 5.41) is 9.81. The fraction of sp³-hybridized carbons (Fsp3) is 0.500. The zero-order chi connectivity index (χ0) is 24.7. The Labute approximate surface area is 210 Å². The highest BCUT2D eigenvalue weighted by Crippen LogP contribution is 2.41. The number of carbonyl (C=O) groups excluding carboxylic acids is 1. The average Bonchev–Trinajstić information content (AvgIpc) is 3.13. The van der Waals surface area contributed by atoms with Gasteiger partial charge < -0.3 is 4.74 Å². The molecule has 0 radical (unpaired) electrons. The number of aryl methyl sites for hydroxylation is 1. The van der Waals surface area contributed by atoms with E-state index in [0.29, 0.717) is 24.0 Å². The molecular formula is C26H31ClN6O2. The second kappa shape index (κ2) is 9.22. The molecule has 1 aliphatic carbocycles. The Kier molecular flexibility index (Phi) is 6.25. The largest absolute Gasteiger partial charge is 0.444 e. The van der Waals surface area contributed by atoms with Gasteiger partial charge in [-0.3, -0.25) is 19.4 Å². The molecule has 5 rings (SSSR count). The van der Waals surface area contributed by atoms with Crippen LogP contribution in [0.15, 0.2) is 30.6 Å². The van der Waals surface area contributed by atoms with Crippen molar-refractivity contribution in [3.63, 3.8) is 0 Å². The maximum absolute atomic E-state index is 13.0. The number of halogens is 1. The molecule has 0 saturated heterocycles. The van der Waals surface area contributed by atoms with Gasteiger partial charge in [-0.05, 0) is 77.1 Å². The minimum atomic E-state index is -0.584. The predicted molar refractivity (Wildman–Crippen MR) is 133 cm³/mol. The van der Waals surface area contributed by atoms with E-state index in [4.69, 9.17) is 21.3 Å². The summed E-state index contributed by atoms with van der Waals surface area (Å²) in [4.78, 5) is 23.7. The number of hydrogen-bond acceptors (Lipinski definition) is 6. The second-order valence-electron chi connectivity index (χ2n) is 10.6. The lowest BCUT2D eigenvalue weighted by atomic mass is 9.80. The minimum Gasteiger partial charge on any atom is -0.444 e. The lowest BCUT2D eigenvalue weighted by molar-refractivity contribution is 0.0214. The molecule has 0 unspecified atom stereocenters. The number of hydrogen-bond donors (Lipinski definition) is 0. The lowest BCUT2D eigenvalue weighted by Gasteiger charge is -2.28. The quantitative estimate of drug-likeness (QED) is 0.453. The van der Waals surface area contributed by atoms with Crippen molar-refractivity contribution in [2.75, 3.05) is 0 Å². The van der Waals surface area contributed by atoms with Crippen LogP contribution >= 0.6 is 11.6 Å². The van der Waals surface area contributed by atoms with Crippen LogP contribution < -0.4 is 0 Å². The van der Waals surface area contributed by atoms with Crippen LogP contribution in [0.5, 0.6) is 0 Å². The summed E-state index contributed by atoms with van der Waals surface area (Å²) in [6.45, 7) is 8.30. The van der Waals surface area contributed by atoms with Gasteiger partial charge in [0.1, 0.15) is 11.4 Å². The molecule has 0 bridgehead atoms. The third-order valence-corrected chi connectivity index (χ3v) is 6.90. The molecule has 8 nitrogen and oxygen atoms in total. The first-order valence-corrected chi connectivity index (χ1v) is 12.5. The van der Waals surface area contributed by atoms with E-state index in [0.717, 1.165) is 60.0 Å². The standard InChI is InChI=1S/C26H31ClN6O2/c1-16-12-28-13-21(29-16)17-5-7-18(8-6-17)24-31-30-23-15-32(25(34)35-26(2,3)4)14-19-11-20(27)9-10-22(19)33(23)24/h9-13,17-18H,5-8,14-15H2,1-4H3/t17-,18-. The molecular weight excluding hydrogens is 464 g/mol. The predicted octanol–water partition coefficient (Wildman–Crippen LogP) is 5.71. The van der Waals surface area contributed by atoms with E-state index in [-0.39, 0.29) is 12.0 Å². The molecule has 1 aromatic carbocycles. The van der Waals surface area contributed by atoms with Gasteiger partial charge in [0.2, 0.25) is 0 Å². The molecule has 35 heavy (non-hydrogen) atoms. The molecule has 1 saturated carbocycles. The highest BCUT2D eigenvalue weighted by molar-refractivity contribution is 6.30. The van der Waals surface area contributed by atoms with Gasteiger partial charge in [0.15, 0.2) is 5.82 Å². The van der Waals surface area contributed by atoms with Gasteiger partial charge >= 0.3 is 6.09 Å². The Morgan fingerprint density at radius 3 is 2.51 bits per heavy atom. The van der Waals surface area contributed by atoms with Gasteiger partial charge in [-0.15, -0.1) is 10.2 Å². The summed E-state index contributed by atoms with van der Waals surface area (Å²) < 4.78 is 7.80. The number of amides is 1. The Hall–Kier alpha value is -3.00. The van der Waals surface area contributed by atoms with Gasteiger partial charge in [0.25, 0.3) is 0 Å². The van der Waals surface area contributed by atoms with Gasteiger partial charge in [0, 0.05) is 29.3 Å². The maximum atomic E-state index is 13.0. The van der Waals surface area contributed by atoms with Gasteiger partial charge in [-0.2, -0.15) is 0 Å². The van der Waals surface area contributed by atoms with Crippen molar-refractivity contribution in [3.8, 4) is 5.69 Å². The minimum absolute atomic E-state index is 0.280. The Morgan fingerprint density at radius 2 is 1.80 bits per heavy atom. The maximum Gasteiger partial charge on any atom is 0.411 e. The Balaban J connectivity index is 1.44. The number of rotatable bonds is 2. The molecule has 1 fully saturated rings. The first-order chi connectivity index (χ1) is 16.7. The topological polar surface area (TPSA) is 86.0 Å². The van der Waals surface area contributed by atoms with Crippen LogP contribution in [0.1, 0.15) is 86.9 Å². The summed E-state index contributed by atoms with van der Waals surface area (Å²) in [5.41, 5.74) is 3.38. The molecule has 9 heteroatoms. The van der Waals surface area contributed by atoms with E-state index in [9.17, 15) is 4.79 Å². The molecule has 0 spiro atoms. The molecule has 184 valence electrons. The van der Waals surface area contributed by atoms with Crippen molar-refractivity contribution >= 4 is 17.7 Å². The zero-order valence-corrected chi connectivity index (χ0v) is 21.4. The molecule has 0 atom stereocenters. The summed E-state index contributed by atoms with van der Waals surface area (Å²) in [6.07, 6.45) is 7.37. The summed E-state index contributed by atoms with van der Waals surface area (Å²) in [7, 11) is 0. The molecule has 2 aromatic heterocycles. The molecule has 1 amide bonds. The van der Waals surface area contributed by atoms with E-state index in [1.54, 1.807) is 11.1 Å². The summed E-state index contributed by atoms with van der Waals surface area (Å²) in [6, 6.07) is 5.80. The van der Waals surface area contributed by atoms with E-state index in [1.807, 2.05) is 52.1 Å². The number of aromatic nitrogens is 5. The van der Waals surface area contributed by atoms with E-state index in [2.05, 4.69) is 19.7 Å². The number of nitrogens with zero attached hydrogens (tertiary/aromatic N) is 6. The summed E-state index contributed by atoms with van der Waals surface area (Å²) in [5.74, 6) is 2.38. The fourth-order valence-electron chi connectivity index (χ4n) is 5.07. The zero-order valence-electron chi connectivity index (χ0n) is 20.7. The molecule has 3 aromatic rings. The van der Waals surface area contributed by atoms with Crippen LogP contribution in [0, 0.1) is 6.92 Å². The van der Waals surface area contributed by atoms with Crippen molar-refractivity contribution in [2.24, 2.45) is 0 Å². The van der Waals surface area contributed by atoms with Crippen molar-refractivity contribution in [1.82, 2.24) is 29.6 Å². The molecule has 2 aliphatic rings. The van der Waals surface area contributed by atoms with E-state index in [1.165, 1.54) is 0 Å². The first-order valence-electron chi connectivity index (χ1n) is 12.2. The Bertz CT molecular complexity index is 1240. The van der Waals surface area contributed by atoms with Gasteiger partial charge in [-0.1, -0.05) is 11.6 Å². The van der Waals surface area contributed by atoms with Gasteiger partial charge in [0.05, 0.1) is 30.2 Å². The van der Waals surface area contributed by atoms with Crippen LogP contribution in [0.2, 0.25) is 5.02 Å². The monoisotopic (exact) mass is 494 g/mol. The van der Waals surface area contributed by atoms with Crippen molar-refractivity contribution in [1.29, 1.82) is 0 Å². The second-order valence-corrected chi connectivity index (χ2v) is 11.0. The van der Waals surface area contributed by atoms with E-state index < -0.39 is 5.60 Å². The fourth-order valence-corrected chi connectivity index (χ4v) is 5.27. The van der Waals surface area contributed by atoms with Crippen molar-refractivity contribution < 1.29 is 9.53 Å². The first kappa shape index (κ1) is 23.7. The van der Waals surface area contributed by atoms with E-state index >= 15 is 0 Å². The van der Waals surface area contributed by atoms with Gasteiger partial charge in [-0.25, -0.2) is 4.79 Å². The SMILES string of the molecule is Cc1cncc([C@H]2CC[C@H](c3nnc4n3-c3ccc(Cl)cc3CN(C(=O)OC(C)(C)C)C4)CC2)n1. The lowest BCUT2D eigenvalue weighted by Crippen LogP contribution is -2.35. The smallest absolute Gasteiger partial charge is 0.411 e. The summed E-state index contributed by atoms with van der Waals surface area (Å²) >= 11 is 6.35. The number of fused-ring (bicyclic) bond motifs is 3. The number of ether oxygens (including phenoxy) is 1. The third-order valence-electron chi connectivity index (χ3n) is 6.67. The Morgan fingerprint density at radius 1 is 1.06 bits per heavy atom.